The Morgan fingerprint density at radius 1 is 1.44 bits per heavy atom. The topological polar surface area (TPSA) is 55.6 Å². The molecule has 0 bridgehead atoms. The van der Waals surface area contributed by atoms with Gasteiger partial charge in [-0.3, -0.25) is 9.63 Å². The van der Waals surface area contributed by atoms with Crippen LogP contribution in [-0.2, 0) is 16.1 Å². The second kappa shape index (κ2) is 7.22. The second-order valence-corrected chi connectivity index (χ2v) is 3.31. The van der Waals surface area contributed by atoms with Gasteiger partial charge in [-0.2, -0.15) is 0 Å². The molecule has 1 amide bonds. The van der Waals surface area contributed by atoms with E-state index in [0.717, 1.165) is 10.6 Å². The first kappa shape index (κ1) is 14.9. The van der Waals surface area contributed by atoms with Crippen LogP contribution in [0.3, 0.4) is 0 Å². The van der Waals surface area contributed by atoms with Crippen molar-refractivity contribution in [2.45, 2.75) is 12.5 Å². The molecule has 1 rings (SSSR count). The number of rotatable bonds is 4. The number of carbonyl (C=O) groups is 1. The molecule has 0 saturated carbocycles. The maximum atomic E-state index is 11.6. The number of hydrogen-bond donors (Lipinski definition) is 1. The Kier molecular flexibility index (Phi) is 6.72. The molecule has 1 aromatic carbocycles. The third-order valence-electron chi connectivity index (χ3n) is 2.20. The van der Waals surface area contributed by atoms with Gasteiger partial charge in [-0.05, 0) is 12.0 Å². The number of hydroxylamine groups is 2. The van der Waals surface area contributed by atoms with Crippen LogP contribution in [0.25, 0.3) is 0 Å². The summed E-state index contributed by atoms with van der Waals surface area (Å²) >= 11 is 0. The predicted octanol–water partition coefficient (Wildman–Crippen LogP) is 0.998. The Hall–Kier alpha value is -1.10. The van der Waals surface area contributed by atoms with Gasteiger partial charge >= 0.3 is 0 Å². The molecule has 0 heterocycles. The van der Waals surface area contributed by atoms with Crippen LogP contribution in [0.4, 0.5) is 0 Å². The molecular formula is C11H17ClN2O2. The Balaban J connectivity index is 0.00000225. The summed E-state index contributed by atoms with van der Waals surface area (Å²) in [6.07, 6.45) is 0.521. The first-order chi connectivity index (χ1) is 7.15. The highest BCUT2D eigenvalue weighted by molar-refractivity contribution is 5.85. The molecule has 16 heavy (non-hydrogen) atoms. The van der Waals surface area contributed by atoms with Crippen LogP contribution < -0.4 is 5.73 Å². The van der Waals surface area contributed by atoms with Crippen molar-refractivity contribution in [3.63, 3.8) is 0 Å². The fourth-order valence-corrected chi connectivity index (χ4v) is 1.28. The van der Waals surface area contributed by atoms with Crippen molar-refractivity contribution in [1.82, 2.24) is 5.06 Å². The lowest BCUT2D eigenvalue weighted by atomic mass is 10.1. The number of amides is 1. The minimum Gasteiger partial charge on any atom is -0.320 e. The largest absolute Gasteiger partial charge is 0.320 e. The van der Waals surface area contributed by atoms with Crippen LogP contribution in [0.1, 0.15) is 5.56 Å². The molecule has 0 fully saturated rings. The van der Waals surface area contributed by atoms with Crippen molar-refractivity contribution in [3.8, 4) is 0 Å². The number of halogens is 1. The van der Waals surface area contributed by atoms with Crippen LogP contribution in [-0.4, -0.2) is 31.2 Å². The average molecular weight is 245 g/mol. The lowest BCUT2D eigenvalue weighted by Gasteiger charge is -2.18. The summed E-state index contributed by atoms with van der Waals surface area (Å²) in [5.41, 5.74) is 6.80. The van der Waals surface area contributed by atoms with E-state index in [9.17, 15) is 4.79 Å². The summed E-state index contributed by atoms with van der Waals surface area (Å²) < 4.78 is 0. The molecule has 0 saturated heterocycles. The standard InChI is InChI=1S/C11H16N2O2.ClH/c1-13(15-2)11(14)10(12)8-9-6-4-3-5-7-9;/h3-7,10H,8,12H2,1-2H3;1H. The van der Waals surface area contributed by atoms with Crippen molar-refractivity contribution in [1.29, 1.82) is 0 Å². The van der Waals surface area contributed by atoms with E-state index in [1.165, 1.54) is 7.11 Å². The molecule has 4 nitrogen and oxygen atoms in total. The van der Waals surface area contributed by atoms with Gasteiger partial charge in [0.15, 0.2) is 0 Å². The van der Waals surface area contributed by atoms with Gasteiger partial charge < -0.3 is 5.73 Å². The van der Waals surface area contributed by atoms with Crippen molar-refractivity contribution in [3.05, 3.63) is 35.9 Å². The quantitative estimate of drug-likeness (QED) is 0.804. The van der Waals surface area contributed by atoms with E-state index in [0.29, 0.717) is 6.42 Å². The van der Waals surface area contributed by atoms with Gasteiger partial charge in [0.25, 0.3) is 5.91 Å². The van der Waals surface area contributed by atoms with E-state index in [-0.39, 0.29) is 18.3 Å². The maximum Gasteiger partial charge on any atom is 0.263 e. The fraction of sp³-hybridized carbons (Fsp3) is 0.364. The second-order valence-electron chi connectivity index (χ2n) is 3.31. The molecule has 1 atom stereocenters. The molecule has 90 valence electrons. The Bertz CT molecular complexity index is 319. The smallest absolute Gasteiger partial charge is 0.263 e. The third kappa shape index (κ3) is 4.18. The molecule has 0 aliphatic carbocycles. The summed E-state index contributed by atoms with van der Waals surface area (Å²) in [6.45, 7) is 0. The highest BCUT2D eigenvalue weighted by Gasteiger charge is 2.17. The van der Waals surface area contributed by atoms with Gasteiger partial charge in [0.1, 0.15) is 0 Å². The minimum atomic E-state index is -0.558. The van der Waals surface area contributed by atoms with Gasteiger partial charge in [-0.1, -0.05) is 30.3 Å². The molecule has 1 aromatic rings. The lowest BCUT2D eigenvalue weighted by molar-refractivity contribution is -0.170. The van der Waals surface area contributed by atoms with Crippen molar-refractivity contribution < 1.29 is 9.63 Å². The molecule has 2 N–H and O–H groups in total. The Labute approximate surface area is 102 Å². The van der Waals surface area contributed by atoms with Crippen molar-refractivity contribution in [2.24, 2.45) is 5.73 Å². The molecule has 0 aromatic heterocycles. The van der Waals surface area contributed by atoms with E-state index >= 15 is 0 Å². The molecular weight excluding hydrogens is 228 g/mol. The highest BCUT2D eigenvalue weighted by atomic mass is 35.5. The summed E-state index contributed by atoms with van der Waals surface area (Å²) in [7, 11) is 2.99. The summed E-state index contributed by atoms with van der Waals surface area (Å²) in [4.78, 5) is 16.3. The number of benzene rings is 1. The van der Waals surface area contributed by atoms with E-state index < -0.39 is 6.04 Å². The SMILES string of the molecule is CON(C)C(=O)C(N)Cc1ccccc1.Cl. The molecule has 0 radical (unpaired) electrons. The van der Waals surface area contributed by atoms with Crippen LogP contribution in [0, 0.1) is 0 Å². The molecule has 5 heteroatoms. The highest BCUT2D eigenvalue weighted by Crippen LogP contribution is 2.03. The maximum absolute atomic E-state index is 11.6. The minimum absolute atomic E-state index is 0. The van der Waals surface area contributed by atoms with E-state index in [4.69, 9.17) is 10.6 Å². The summed E-state index contributed by atoms with van der Waals surface area (Å²) in [6, 6.07) is 9.11. The molecule has 1 unspecified atom stereocenters. The third-order valence-corrected chi connectivity index (χ3v) is 2.20. The Morgan fingerprint density at radius 2 is 2.00 bits per heavy atom. The van der Waals surface area contributed by atoms with Crippen LogP contribution in [0.2, 0.25) is 0 Å². The number of nitrogens with zero attached hydrogens (tertiary/aromatic N) is 1. The Morgan fingerprint density at radius 3 is 2.50 bits per heavy atom. The van der Waals surface area contributed by atoms with Crippen molar-refractivity contribution >= 4 is 18.3 Å². The zero-order valence-corrected chi connectivity index (χ0v) is 10.2. The molecule has 0 aliphatic heterocycles. The van der Waals surface area contributed by atoms with Crippen LogP contribution in [0.5, 0.6) is 0 Å². The number of likely N-dealkylation sites (N-methyl/N-ethyl adjacent to an activating group) is 1. The summed E-state index contributed by atoms with van der Waals surface area (Å²) in [5.74, 6) is -0.221. The van der Waals surface area contributed by atoms with Gasteiger partial charge in [0, 0.05) is 7.05 Å². The lowest BCUT2D eigenvalue weighted by Crippen LogP contribution is -2.42. The van der Waals surface area contributed by atoms with Crippen LogP contribution in [0.15, 0.2) is 30.3 Å². The van der Waals surface area contributed by atoms with E-state index in [2.05, 4.69) is 0 Å². The van der Waals surface area contributed by atoms with Crippen molar-refractivity contribution in [2.75, 3.05) is 14.2 Å². The normalized spacial score (nSPS) is 11.4. The average Bonchev–Trinajstić information content (AvgIpc) is 2.28. The molecule has 0 spiro atoms. The fourth-order valence-electron chi connectivity index (χ4n) is 1.28. The monoisotopic (exact) mass is 244 g/mol. The van der Waals surface area contributed by atoms with E-state index in [1.807, 2.05) is 30.3 Å². The first-order valence-corrected chi connectivity index (χ1v) is 4.76. The summed E-state index contributed by atoms with van der Waals surface area (Å²) in [5, 5.41) is 1.15. The van der Waals surface area contributed by atoms with Gasteiger partial charge in [0.2, 0.25) is 0 Å². The van der Waals surface area contributed by atoms with Gasteiger partial charge in [0.05, 0.1) is 13.2 Å². The number of carbonyl (C=O) groups excluding carboxylic acids is 1. The van der Waals surface area contributed by atoms with E-state index in [1.54, 1.807) is 7.05 Å². The predicted molar refractivity (Wildman–Crippen MR) is 65.1 cm³/mol. The van der Waals surface area contributed by atoms with Gasteiger partial charge in [-0.15, -0.1) is 12.4 Å². The van der Waals surface area contributed by atoms with Gasteiger partial charge in [-0.25, -0.2) is 5.06 Å². The first-order valence-electron chi connectivity index (χ1n) is 4.76. The van der Waals surface area contributed by atoms with Crippen LogP contribution >= 0.6 is 12.4 Å². The molecule has 0 aliphatic rings. The zero-order valence-electron chi connectivity index (χ0n) is 9.42. The number of nitrogens with two attached hydrogens (primary N) is 1. The zero-order chi connectivity index (χ0) is 11.3. The number of hydrogen-bond acceptors (Lipinski definition) is 3.